The summed E-state index contributed by atoms with van der Waals surface area (Å²) in [6.07, 6.45) is 7.60. The standard InChI is InChI=1S/C22H19IN6O/c23-19-6-5-16(11-18(19)20-3-1-2-9-25-20)29-22(30)15-4-7-21(27-12-15)26-10-8-17-13-24-14-28-17/h1-7,9,11-14H,8,10H2,(H,24,28)(H,26,27)(H,29,30). The Kier molecular flexibility index (Phi) is 6.33. The van der Waals surface area contributed by atoms with Gasteiger partial charge >= 0.3 is 0 Å². The third-order valence-electron chi connectivity index (χ3n) is 4.45. The fraction of sp³-hybridized carbons (Fsp3) is 0.0909. The van der Waals surface area contributed by atoms with Crippen LogP contribution in [0.1, 0.15) is 16.1 Å². The van der Waals surface area contributed by atoms with E-state index >= 15 is 0 Å². The summed E-state index contributed by atoms with van der Waals surface area (Å²) in [5, 5.41) is 6.17. The van der Waals surface area contributed by atoms with Crippen molar-refractivity contribution < 1.29 is 4.79 Å². The Morgan fingerprint density at radius 2 is 2.00 bits per heavy atom. The normalized spacial score (nSPS) is 10.6. The molecule has 30 heavy (non-hydrogen) atoms. The number of halogens is 1. The number of nitrogens with one attached hydrogen (secondary N) is 3. The summed E-state index contributed by atoms with van der Waals surface area (Å²) in [5.74, 6) is 0.512. The second kappa shape index (κ2) is 9.49. The second-order valence-corrected chi connectivity index (χ2v) is 7.71. The van der Waals surface area contributed by atoms with Gasteiger partial charge in [0.2, 0.25) is 0 Å². The van der Waals surface area contributed by atoms with Crippen molar-refractivity contribution in [2.24, 2.45) is 0 Å². The van der Waals surface area contributed by atoms with Crippen molar-refractivity contribution in [3.8, 4) is 11.3 Å². The largest absolute Gasteiger partial charge is 0.370 e. The second-order valence-electron chi connectivity index (χ2n) is 6.55. The molecule has 0 radical (unpaired) electrons. The smallest absolute Gasteiger partial charge is 0.257 e. The van der Waals surface area contributed by atoms with Gasteiger partial charge in [0.15, 0.2) is 0 Å². The van der Waals surface area contributed by atoms with E-state index in [1.165, 1.54) is 0 Å². The van der Waals surface area contributed by atoms with Gasteiger partial charge in [0, 0.05) is 52.1 Å². The summed E-state index contributed by atoms with van der Waals surface area (Å²) in [6.45, 7) is 0.722. The van der Waals surface area contributed by atoms with Crippen molar-refractivity contribution in [3.63, 3.8) is 0 Å². The van der Waals surface area contributed by atoms with Crippen LogP contribution in [-0.2, 0) is 6.42 Å². The molecule has 8 heteroatoms. The topological polar surface area (TPSA) is 95.6 Å². The number of pyridine rings is 2. The average Bonchev–Trinajstić information content (AvgIpc) is 3.30. The molecule has 3 aromatic heterocycles. The number of aromatic amines is 1. The Morgan fingerprint density at radius 3 is 2.73 bits per heavy atom. The number of carbonyl (C=O) groups is 1. The van der Waals surface area contributed by atoms with E-state index in [4.69, 9.17) is 0 Å². The third kappa shape index (κ3) is 5.01. The highest BCUT2D eigenvalue weighted by atomic mass is 127. The van der Waals surface area contributed by atoms with Crippen molar-refractivity contribution in [1.82, 2.24) is 19.9 Å². The first kappa shape index (κ1) is 20.0. The molecule has 0 aliphatic heterocycles. The van der Waals surface area contributed by atoms with E-state index in [2.05, 4.69) is 53.2 Å². The number of rotatable bonds is 7. The van der Waals surface area contributed by atoms with Gasteiger partial charge in [0.25, 0.3) is 5.91 Å². The number of imidazole rings is 1. The van der Waals surface area contributed by atoms with Crippen molar-refractivity contribution >= 4 is 40.0 Å². The SMILES string of the molecule is O=C(Nc1ccc(I)c(-c2ccccn2)c1)c1ccc(NCCc2cnc[nH]2)nc1. The predicted molar refractivity (Wildman–Crippen MR) is 125 cm³/mol. The lowest BCUT2D eigenvalue weighted by Crippen LogP contribution is -2.13. The van der Waals surface area contributed by atoms with Crippen molar-refractivity contribution in [2.45, 2.75) is 6.42 Å². The number of anilines is 2. The maximum atomic E-state index is 12.6. The molecule has 4 aromatic rings. The monoisotopic (exact) mass is 510 g/mol. The van der Waals surface area contributed by atoms with E-state index in [9.17, 15) is 4.79 Å². The van der Waals surface area contributed by atoms with Gasteiger partial charge in [-0.3, -0.25) is 9.78 Å². The molecular weight excluding hydrogens is 491 g/mol. The first-order chi connectivity index (χ1) is 14.7. The lowest BCUT2D eigenvalue weighted by Gasteiger charge is -2.10. The summed E-state index contributed by atoms with van der Waals surface area (Å²) in [7, 11) is 0. The molecule has 0 unspecified atom stereocenters. The maximum Gasteiger partial charge on any atom is 0.257 e. The van der Waals surface area contributed by atoms with Gasteiger partial charge in [-0.15, -0.1) is 0 Å². The fourth-order valence-corrected chi connectivity index (χ4v) is 3.52. The molecule has 0 aliphatic carbocycles. The molecule has 0 spiro atoms. The summed E-state index contributed by atoms with van der Waals surface area (Å²) in [6, 6.07) is 15.1. The zero-order chi connectivity index (χ0) is 20.8. The number of nitrogens with zero attached hydrogens (tertiary/aromatic N) is 3. The van der Waals surface area contributed by atoms with Crippen molar-refractivity contribution in [3.05, 3.63) is 88.3 Å². The molecule has 4 rings (SSSR count). The van der Waals surface area contributed by atoms with E-state index in [-0.39, 0.29) is 5.91 Å². The molecule has 3 heterocycles. The van der Waals surface area contributed by atoms with E-state index in [0.717, 1.165) is 39.3 Å². The minimum absolute atomic E-state index is 0.209. The molecule has 150 valence electrons. The van der Waals surface area contributed by atoms with Crippen LogP contribution in [0, 0.1) is 3.57 Å². The van der Waals surface area contributed by atoms with Crippen LogP contribution >= 0.6 is 22.6 Å². The lowest BCUT2D eigenvalue weighted by molar-refractivity contribution is 0.102. The Bertz CT molecular complexity index is 1110. The summed E-state index contributed by atoms with van der Waals surface area (Å²) < 4.78 is 1.07. The van der Waals surface area contributed by atoms with E-state index < -0.39 is 0 Å². The van der Waals surface area contributed by atoms with Crippen LogP contribution in [0.25, 0.3) is 11.3 Å². The molecule has 7 nitrogen and oxygen atoms in total. The molecule has 0 saturated heterocycles. The van der Waals surface area contributed by atoms with Crippen molar-refractivity contribution in [1.29, 1.82) is 0 Å². The Balaban J connectivity index is 1.39. The number of hydrogen-bond donors (Lipinski definition) is 3. The Labute approximate surface area is 187 Å². The summed E-state index contributed by atoms with van der Waals surface area (Å²) in [5.41, 5.74) is 4.10. The van der Waals surface area contributed by atoms with Crippen LogP contribution in [0.15, 0.2) is 73.4 Å². The van der Waals surface area contributed by atoms with Gasteiger partial charge < -0.3 is 15.6 Å². The number of hydrogen-bond acceptors (Lipinski definition) is 5. The molecule has 0 saturated carbocycles. The van der Waals surface area contributed by atoms with E-state index in [1.807, 2.05) is 36.4 Å². The zero-order valence-electron chi connectivity index (χ0n) is 16.0. The number of benzene rings is 1. The highest BCUT2D eigenvalue weighted by molar-refractivity contribution is 14.1. The van der Waals surface area contributed by atoms with Crippen LogP contribution in [-0.4, -0.2) is 32.4 Å². The molecule has 3 N–H and O–H groups in total. The zero-order valence-corrected chi connectivity index (χ0v) is 18.1. The fourth-order valence-electron chi connectivity index (χ4n) is 2.90. The van der Waals surface area contributed by atoms with Crippen LogP contribution < -0.4 is 10.6 Å². The third-order valence-corrected chi connectivity index (χ3v) is 5.39. The van der Waals surface area contributed by atoms with E-state index in [1.54, 1.807) is 37.1 Å². The van der Waals surface area contributed by atoms with Crippen LogP contribution in [0.2, 0.25) is 0 Å². The first-order valence-electron chi connectivity index (χ1n) is 9.38. The molecule has 0 bridgehead atoms. The lowest BCUT2D eigenvalue weighted by atomic mass is 10.1. The minimum Gasteiger partial charge on any atom is -0.370 e. The van der Waals surface area contributed by atoms with Gasteiger partial charge in [0.05, 0.1) is 17.6 Å². The average molecular weight is 510 g/mol. The molecule has 1 amide bonds. The maximum absolute atomic E-state index is 12.6. The number of amides is 1. The molecule has 1 aromatic carbocycles. The quantitative estimate of drug-likeness (QED) is 0.321. The molecule has 0 aliphatic rings. The number of aromatic nitrogens is 4. The van der Waals surface area contributed by atoms with Crippen molar-refractivity contribution in [2.75, 3.05) is 17.2 Å². The first-order valence-corrected chi connectivity index (χ1v) is 10.5. The van der Waals surface area contributed by atoms with Crippen LogP contribution in [0.4, 0.5) is 11.5 Å². The predicted octanol–water partition coefficient (Wildman–Crippen LogP) is 4.38. The highest BCUT2D eigenvalue weighted by Crippen LogP contribution is 2.27. The molecule has 0 fully saturated rings. The minimum atomic E-state index is -0.209. The molecule has 0 atom stereocenters. The highest BCUT2D eigenvalue weighted by Gasteiger charge is 2.10. The van der Waals surface area contributed by atoms with Gasteiger partial charge in [-0.25, -0.2) is 9.97 Å². The van der Waals surface area contributed by atoms with Gasteiger partial charge in [-0.1, -0.05) is 6.07 Å². The van der Waals surface area contributed by atoms with E-state index in [0.29, 0.717) is 11.3 Å². The summed E-state index contributed by atoms with van der Waals surface area (Å²) >= 11 is 2.27. The molecular formula is C22H19IN6O. The van der Waals surface area contributed by atoms with Gasteiger partial charge in [-0.2, -0.15) is 0 Å². The Hall–Kier alpha value is -3.27. The Morgan fingerprint density at radius 1 is 1.07 bits per heavy atom. The number of H-pyrrole nitrogens is 1. The van der Waals surface area contributed by atoms with Gasteiger partial charge in [-0.05, 0) is 65.1 Å². The summed E-state index contributed by atoms with van der Waals surface area (Å²) in [4.78, 5) is 28.4. The van der Waals surface area contributed by atoms with Crippen LogP contribution in [0.3, 0.4) is 0 Å². The van der Waals surface area contributed by atoms with Crippen LogP contribution in [0.5, 0.6) is 0 Å². The van der Waals surface area contributed by atoms with Gasteiger partial charge in [0.1, 0.15) is 5.82 Å². The number of carbonyl (C=O) groups excluding carboxylic acids is 1.